The number of phenolic OH excluding ortho intramolecular Hbond substituents is 1. The Hall–Kier alpha value is -1.29. The van der Waals surface area contributed by atoms with Crippen molar-refractivity contribution in [3.05, 3.63) is 28.5 Å². The molecule has 0 aliphatic heterocycles. The topological polar surface area (TPSA) is 57.5 Å². The van der Waals surface area contributed by atoms with Gasteiger partial charge >= 0.3 is 5.97 Å². The summed E-state index contributed by atoms with van der Waals surface area (Å²) in [6.45, 7) is 2.91. The number of aliphatic carboxylic acids is 1. The van der Waals surface area contributed by atoms with Gasteiger partial charge in [-0.25, -0.2) is 4.39 Å². The van der Waals surface area contributed by atoms with Crippen LogP contribution in [0.4, 0.5) is 4.39 Å². The van der Waals surface area contributed by atoms with E-state index in [0.717, 1.165) is 0 Å². The summed E-state index contributed by atoms with van der Waals surface area (Å²) in [4.78, 5) is 10.9. The van der Waals surface area contributed by atoms with Crippen LogP contribution in [-0.2, 0) is 11.2 Å². The van der Waals surface area contributed by atoms with E-state index in [1.165, 1.54) is 26.0 Å². The highest BCUT2D eigenvalue weighted by atomic mass is 35.5. The normalized spacial score (nSPS) is 11.5. The fourth-order valence-corrected chi connectivity index (χ4v) is 1.45. The molecule has 0 radical (unpaired) electrons. The number of hydrogen-bond donors (Lipinski definition) is 2. The van der Waals surface area contributed by atoms with Gasteiger partial charge < -0.3 is 10.2 Å². The average molecular weight is 247 g/mol. The lowest BCUT2D eigenvalue weighted by atomic mass is 9.85. The highest BCUT2D eigenvalue weighted by Gasteiger charge is 2.30. The number of carboxylic acids is 1. The smallest absolute Gasteiger partial charge is 0.309 e. The number of carboxylic acid groups (broad SMARTS) is 1. The third-order valence-corrected chi connectivity index (χ3v) is 2.66. The van der Waals surface area contributed by atoms with Gasteiger partial charge in [-0.2, -0.15) is 0 Å². The summed E-state index contributed by atoms with van der Waals surface area (Å²) in [7, 11) is 0. The fraction of sp³-hybridized carbons (Fsp3) is 0.364. The van der Waals surface area contributed by atoms with Crippen LogP contribution in [0.3, 0.4) is 0 Å². The molecule has 1 aromatic carbocycles. The van der Waals surface area contributed by atoms with Gasteiger partial charge in [-0.05, 0) is 32.4 Å². The molecule has 2 N–H and O–H groups in total. The van der Waals surface area contributed by atoms with E-state index >= 15 is 0 Å². The fourth-order valence-electron chi connectivity index (χ4n) is 1.27. The zero-order valence-electron chi connectivity index (χ0n) is 8.92. The number of carbonyl (C=O) groups is 1. The Labute approximate surface area is 97.5 Å². The van der Waals surface area contributed by atoms with E-state index in [0.29, 0.717) is 0 Å². The lowest BCUT2D eigenvalue weighted by Crippen LogP contribution is -2.26. The van der Waals surface area contributed by atoms with Crippen molar-refractivity contribution in [3.8, 4) is 5.75 Å². The molecule has 0 aliphatic carbocycles. The highest BCUT2D eigenvalue weighted by molar-refractivity contribution is 6.30. The maximum absolute atomic E-state index is 13.6. The first-order chi connectivity index (χ1) is 7.25. The number of halogens is 2. The van der Waals surface area contributed by atoms with Gasteiger partial charge in [0.25, 0.3) is 0 Å². The zero-order chi connectivity index (χ0) is 12.5. The molecular formula is C11H12ClFO3. The molecule has 0 saturated carbocycles. The predicted molar refractivity (Wildman–Crippen MR) is 58.2 cm³/mol. The van der Waals surface area contributed by atoms with Crippen LogP contribution < -0.4 is 0 Å². The molecule has 88 valence electrons. The first-order valence-corrected chi connectivity index (χ1v) is 5.03. The maximum atomic E-state index is 13.6. The number of hydrogen-bond acceptors (Lipinski definition) is 2. The van der Waals surface area contributed by atoms with Gasteiger partial charge in [0.15, 0.2) is 0 Å². The standard InChI is InChI=1S/C11H12ClFO3/c1-11(2,10(15)16)5-6-8(14)4-3-7(12)9(6)13/h3-4,14H,5H2,1-2H3,(H,15,16). The minimum absolute atomic E-state index is 0.0695. The van der Waals surface area contributed by atoms with Crippen molar-refractivity contribution in [1.29, 1.82) is 0 Å². The van der Waals surface area contributed by atoms with E-state index in [1.54, 1.807) is 0 Å². The molecule has 0 atom stereocenters. The van der Waals surface area contributed by atoms with E-state index in [9.17, 15) is 14.3 Å². The molecule has 0 fully saturated rings. The van der Waals surface area contributed by atoms with Crippen molar-refractivity contribution in [2.45, 2.75) is 20.3 Å². The van der Waals surface area contributed by atoms with Gasteiger partial charge in [0.05, 0.1) is 10.4 Å². The molecule has 16 heavy (non-hydrogen) atoms. The first kappa shape index (κ1) is 12.8. The summed E-state index contributed by atoms with van der Waals surface area (Å²) in [5, 5.41) is 18.3. The van der Waals surface area contributed by atoms with E-state index in [-0.39, 0.29) is 22.8 Å². The molecular weight excluding hydrogens is 235 g/mol. The summed E-state index contributed by atoms with van der Waals surface area (Å²) in [6.07, 6.45) is -0.124. The minimum Gasteiger partial charge on any atom is -0.508 e. The van der Waals surface area contributed by atoms with Gasteiger partial charge in [0, 0.05) is 5.56 Å². The second kappa shape index (κ2) is 4.29. The van der Waals surface area contributed by atoms with Crippen LogP contribution in [-0.4, -0.2) is 16.2 Å². The van der Waals surface area contributed by atoms with Crippen molar-refractivity contribution < 1.29 is 19.4 Å². The van der Waals surface area contributed by atoms with Gasteiger partial charge in [-0.3, -0.25) is 4.79 Å². The van der Waals surface area contributed by atoms with Crippen molar-refractivity contribution in [2.75, 3.05) is 0 Å². The van der Waals surface area contributed by atoms with Crippen LogP contribution in [0.2, 0.25) is 5.02 Å². The Morgan fingerprint density at radius 3 is 2.56 bits per heavy atom. The Kier molecular flexibility index (Phi) is 3.43. The van der Waals surface area contributed by atoms with Crippen LogP contribution in [0.25, 0.3) is 0 Å². The zero-order valence-corrected chi connectivity index (χ0v) is 9.68. The molecule has 0 amide bonds. The molecule has 1 rings (SSSR count). The molecule has 3 nitrogen and oxygen atoms in total. The molecule has 0 heterocycles. The predicted octanol–water partition coefficient (Wildman–Crippen LogP) is 2.84. The molecule has 5 heteroatoms. The average Bonchev–Trinajstić information content (AvgIpc) is 2.18. The number of aromatic hydroxyl groups is 1. The van der Waals surface area contributed by atoms with Crippen LogP contribution >= 0.6 is 11.6 Å². The molecule has 0 bridgehead atoms. The molecule has 0 aliphatic rings. The van der Waals surface area contributed by atoms with Crippen molar-refractivity contribution in [2.24, 2.45) is 5.41 Å². The Bertz CT molecular complexity index is 429. The van der Waals surface area contributed by atoms with Crippen molar-refractivity contribution >= 4 is 17.6 Å². The quantitative estimate of drug-likeness (QED) is 0.862. The number of phenols is 1. The summed E-state index contributed by atoms with van der Waals surface area (Å²) in [6, 6.07) is 2.47. The minimum atomic E-state index is -1.16. The molecule has 0 aromatic heterocycles. The largest absolute Gasteiger partial charge is 0.508 e. The van der Waals surface area contributed by atoms with E-state index < -0.39 is 17.2 Å². The van der Waals surface area contributed by atoms with E-state index in [4.69, 9.17) is 16.7 Å². The summed E-state index contributed by atoms with van der Waals surface area (Å²) >= 11 is 5.56. The highest BCUT2D eigenvalue weighted by Crippen LogP contribution is 2.32. The van der Waals surface area contributed by atoms with Crippen LogP contribution in [0.1, 0.15) is 19.4 Å². The van der Waals surface area contributed by atoms with Crippen molar-refractivity contribution in [3.63, 3.8) is 0 Å². The summed E-state index contributed by atoms with van der Waals surface area (Å²) in [5.41, 5.74) is -1.23. The Morgan fingerprint density at radius 1 is 1.50 bits per heavy atom. The number of benzene rings is 1. The van der Waals surface area contributed by atoms with Crippen molar-refractivity contribution in [1.82, 2.24) is 0 Å². The van der Waals surface area contributed by atoms with E-state index in [1.807, 2.05) is 0 Å². The first-order valence-electron chi connectivity index (χ1n) is 4.65. The van der Waals surface area contributed by atoms with Gasteiger partial charge in [-0.1, -0.05) is 11.6 Å². The third kappa shape index (κ3) is 2.44. The molecule has 0 spiro atoms. The summed E-state index contributed by atoms with van der Waals surface area (Å²) < 4.78 is 13.6. The van der Waals surface area contributed by atoms with Crippen LogP contribution in [0.15, 0.2) is 12.1 Å². The monoisotopic (exact) mass is 246 g/mol. The van der Waals surface area contributed by atoms with E-state index in [2.05, 4.69) is 0 Å². The maximum Gasteiger partial charge on any atom is 0.309 e. The molecule has 0 saturated heterocycles. The SMILES string of the molecule is CC(C)(Cc1c(O)ccc(Cl)c1F)C(=O)O. The Morgan fingerprint density at radius 2 is 2.06 bits per heavy atom. The van der Waals surface area contributed by atoms with Gasteiger partial charge in [0.1, 0.15) is 11.6 Å². The van der Waals surface area contributed by atoms with Gasteiger partial charge in [0.2, 0.25) is 0 Å². The molecule has 0 unspecified atom stereocenters. The lowest BCUT2D eigenvalue weighted by Gasteiger charge is -2.20. The molecule has 1 aromatic rings. The van der Waals surface area contributed by atoms with Crippen LogP contribution in [0.5, 0.6) is 5.75 Å². The van der Waals surface area contributed by atoms with Crippen LogP contribution in [0, 0.1) is 11.2 Å². The van der Waals surface area contributed by atoms with Gasteiger partial charge in [-0.15, -0.1) is 0 Å². The number of rotatable bonds is 3. The third-order valence-electron chi connectivity index (χ3n) is 2.37. The second-order valence-corrected chi connectivity index (χ2v) is 4.63. The lowest BCUT2D eigenvalue weighted by molar-refractivity contribution is -0.146. The Balaban J connectivity index is 3.15. The second-order valence-electron chi connectivity index (χ2n) is 4.22. The summed E-state index contributed by atoms with van der Waals surface area (Å²) in [5.74, 6) is -2.11.